The van der Waals surface area contributed by atoms with Gasteiger partial charge in [-0.15, -0.1) is 11.3 Å². The summed E-state index contributed by atoms with van der Waals surface area (Å²) in [5, 5.41) is 3.41. The lowest BCUT2D eigenvalue weighted by atomic mass is 10.1. The minimum Gasteiger partial charge on any atom is -0.368 e. The maximum absolute atomic E-state index is 11.7. The van der Waals surface area contributed by atoms with E-state index in [1.807, 2.05) is 6.07 Å². The van der Waals surface area contributed by atoms with Crippen molar-refractivity contribution in [3.05, 3.63) is 19.8 Å². The SMILES string of the molecule is NC(=O)C(NC1CCCCCC1)c1cc(Br)c(Cl)s1. The molecule has 1 aromatic heterocycles. The highest BCUT2D eigenvalue weighted by Crippen LogP contribution is 2.35. The molecule has 2 rings (SSSR count). The average molecular weight is 366 g/mol. The van der Waals surface area contributed by atoms with Gasteiger partial charge in [0.1, 0.15) is 10.4 Å². The number of nitrogens with two attached hydrogens (primary N) is 1. The molecule has 1 saturated carbocycles. The summed E-state index contributed by atoms with van der Waals surface area (Å²) in [4.78, 5) is 12.6. The second kappa shape index (κ2) is 7.07. The smallest absolute Gasteiger partial charge is 0.240 e. The van der Waals surface area contributed by atoms with Crippen LogP contribution in [0.5, 0.6) is 0 Å². The van der Waals surface area contributed by atoms with Crippen LogP contribution in [0, 0.1) is 0 Å². The molecule has 6 heteroatoms. The third-order valence-electron chi connectivity index (χ3n) is 3.49. The predicted molar refractivity (Wildman–Crippen MR) is 83.6 cm³/mol. The lowest BCUT2D eigenvalue weighted by Gasteiger charge is -2.22. The summed E-state index contributed by atoms with van der Waals surface area (Å²) < 4.78 is 1.48. The Balaban J connectivity index is 2.09. The molecule has 0 bridgehead atoms. The number of halogens is 2. The van der Waals surface area contributed by atoms with Crippen LogP contribution in [0.3, 0.4) is 0 Å². The standard InChI is InChI=1S/C13H18BrClN2OS/c14-9-7-10(19-12(9)15)11(13(16)18)17-8-5-3-1-2-4-6-8/h7-8,11,17H,1-6H2,(H2,16,18). The van der Waals surface area contributed by atoms with Crippen LogP contribution in [0.25, 0.3) is 0 Å². The Morgan fingerprint density at radius 2 is 2.05 bits per heavy atom. The van der Waals surface area contributed by atoms with Crippen LogP contribution in [-0.2, 0) is 4.79 Å². The van der Waals surface area contributed by atoms with Crippen molar-refractivity contribution in [1.82, 2.24) is 5.32 Å². The van der Waals surface area contributed by atoms with E-state index in [-0.39, 0.29) is 5.91 Å². The van der Waals surface area contributed by atoms with Gasteiger partial charge in [-0.05, 0) is 34.8 Å². The summed E-state index contributed by atoms with van der Waals surface area (Å²) in [6.45, 7) is 0. The van der Waals surface area contributed by atoms with E-state index in [1.54, 1.807) is 0 Å². The van der Waals surface area contributed by atoms with Gasteiger partial charge in [0.25, 0.3) is 0 Å². The van der Waals surface area contributed by atoms with E-state index in [4.69, 9.17) is 17.3 Å². The molecule has 3 N–H and O–H groups in total. The largest absolute Gasteiger partial charge is 0.368 e. The molecule has 0 radical (unpaired) electrons. The Hall–Kier alpha value is -0.100. The Morgan fingerprint density at radius 3 is 2.53 bits per heavy atom. The molecule has 1 aliphatic carbocycles. The fraction of sp³-hybridized carbons (Fsp3) is 0.615. The minimum absolute atomic E-state index is 0.338. The highest BCUT2D eigenvalue weighted by Gasteiger charge is 2.24. The summed E-state index contributed by atoms with van der Waals surface area (Å²) in [5.41, 5.74) is 5.53. The molecule has 1 atom stereocenters. The summed E-state index contributed by atoms with van der Waals surface area (Å²) in [6.07, 6.45) is 7.25. The number of amides is 1. The first-order valence-corrected chi connectivity index (χ1v) is 8.57. The van der Waals surface area contributed by atoms with E-state index in [0.717, 1.165) is 22.2 Å². The normalized spacial score (nSPS) is 19.1. The lowest BCUT2D eigenvalue weighted by molar-refractivity contribution is -0.120. The van der Waals surface area contributed by atoms with Crippen molar-refractivity contribution in [3.63, 3.8) is 0 Å². The predicted octanol–water partition coefficient (Wildman–Crippen LogP) is 4.00. The van der Waals surface area contributed by atoms with Gasteiger partial charge in [-0.1, -0.05) is 37.3 Å². The summed E-state index contributed by atoms with van der Waals surface area (Å²) in [5.74, 6) is -0.338. The summed E-state index contributed by atoms with van der Waals surface area (Å²) >= 11 is 10.8. The van der Waals surface area contributed by atoms with Crippen molar-refractivity contribution in [3.8, 4) is 0 Å². The molecule has 0 saturated heterocycles. The molecule has 1 unspecified atom stereocenters. The van der Waals surface area contributed by atoms with Crippen LogP contribution in [0.1, 0.15) is 49.4 Å². The van der Waals surface area contributed by atoms with E-state index in [1.165, 1.54) is 37.0 Å². The zero-order valence-electron chi connectivity index (χ0n) is 10.6. The molecule has 3 nitrogen and oxygen atoms in total. The second-order valence-electron chi connectivity index (χ2n) is 4.96. The number of carbonyl (C=O) groups excluding carboxylic acids is 1. The van der Waals surface area contributed by atoms with Gasteiger partial charge in [0.15, 0.2) is 0 Å². The Morgan fingerprint density at radius 1 is 1.42 bits per heavy atom. The van der Waals surface area contributed by atoms with Crippen LogP contribution < -0.4 is 11.1 Å². The van der Waals surface area contributed by atoms with Gasteiger partial charge < -0.3 is 5.73 Å². The minimum atomic E-state index is -0.433. The molecule has 0 aromatic carbocycles. The van der Waals surface area contributed by atoms with Gasteiger partial charge in [-0.25, -0.2) is 0 Å². The highest BCUT2D eigenvalue weighted by atomic mass is 79.9. The number of primary amides is 1. The van der Waals surface area contributed by atoms with Crippen molar-refractivity contribution in [2.24, 2.45) is 5.73 Å². The molecule has 1 aliphatic rings. The zero-order valence-corrected chi connectivity index (χ0v) is 13.8. The van der Waals surface area contributed by atoms with E-state index < -0.39 is 6.04 Å². The number of carbonyl (C=O) groups is 1. The van der Waals surface area contributed by atoms with E-state index in [9.17, 15) is 4.79 Å². The zero-order chi connectivity index (χ0) is 13.8. The monoisotopic (exact) mass is 364 g/mol. The maximum Gasteiger partial charge on any atom is 0.240 e. The van der Waals surface area contributed by atoms with E-state index >= 15 is 0 Å². The van der Waals surface area contributed by atoms with Gasteiger partial charge in [0.2, 0.25) is 5.91 Å². The molecule has 1 amide bonds. The molecule has 1 heterocycles. The van der Waals surface area contributed by atoms with Gasteiger partial charge in [-0.2, -0.15) is 0 Å². The molecule has 1 aromatic rings. The molecular formula is C13H18BrClN2OS. The number of rotatable bonds is 4. The highest BCUT2D eigenvalue weighted by molar-refractivity contribution is 9.10. The molecule has 106 valence electrons. The first kappa shape index (κ1) is 15.3. The van der Waals surface area contributed by atoms with Crippen LogP contribution in [-0.4, -0.2) is 11.9 Å². The number of hydrogen-bond donors (Lipinski definition) is 2. The Kier molecular flexibility index (Phi) is 5.69. The topological polar surface area (TPSA) is 55.1 Å². The van der Waals surface area contributed by atoms with Crippen molar-refractivity contribution in [2.75, 3.05) is 0 Å². The maximum atomic E-state index is 11.7. The first-order valence-electron chi connectivity index (χ1n) is 6.58. The van der Waals surface area contributed by atoms with Gasteiger partial charge in [0, 0.05) is 15.4 Å². The molecule has 19 heavy (non-hydrogen) atoms. The quantitative estimate of drug-likeness (QED) is 0.792. The van der Waals surface area contributed by atoms with Crippen molar-refractivity contribution in [2.45, 2.75) is 50.6 Å². The third kappa shape index (κ3) is 4.18. The first-order chi connectivity index (χ1) is 9.08. The van der Waals surface area contributed by atoms with Crippen molar-refractivity contribution < 1.29 is 4.79 Å². The van der Waals surface area contributed by atoms with Crippen molar-refractivity contribution in [1.29, 1.82) is 0 Å². The second-order valence-corrected chi connectivity index (χ2v) is 7.50. The number of nitrogens with one attached hydrogen (secondary N) is 1. The van der Waals surface area contributed by atoms with Gasteiger partial charge in [-0.3, -0.25) is 10.1 Å². The van der Waals surface area contributed by atoms with Crippen LogP contribution in [0.15, 0.2) is 10.5 Å². The van der Waals surface area contributed by atoms with Gasteiger partial charge in [0.05, 0.1) is 0 Å². The summed E-state index contributed by atoms with van der Waals surface area (Å²) in [7, 11) is 0. The Bertz CT molecular complexity index is 424. The van der Waals surface area contributed by atoms with Crippen LogP contribution >= 0.6 is 38.9 Å². The third-order valence-corrected chi connectivity index (χ3v) is 6.03. The van der Waals surface area contributed by atoms with Crippen LogP contribution in [0.4, 0.5) is 0 Å². The summed E-state index contributed by atoms with van der Waals surface area (Å²) in [6, 6.07) is 1.82. The lowest BCUT2D eigenvalue weighted by Crippen LogP contribution is -2.39. The average Bonchev–Trinajstić information content (AvgIpc) is 2.58. The molecular weight excluding hydrogens is 348 g/mol. The number of hydrogen-bond acceptors (Lipinski definition) is 3. The van der Waals surface area contributed by atoms with E-state index in [0.29, 0.717) is 10.4 Å². The Labute approximate surface area is 131 Å². The molecule has 0 spiro atoms. The van der Waals surface area contributed by atoms with Crippen molar-refractivity contribution >= 4 is 44.8 Å². The fourth-order valence-electron chi connectivity index (χ4n) is 2.49. The van der Waals surface area contributed by atoms with E-state index in [2.05, 4.69) is 21.2 Å². The number of thiophene rings is 1. The molecule has 0 aliphatic heterocycles. The van der Waals surface area contributed by atoms with Gasteiger partial charge >= 0.3 is 0 Å². The van der Waals surface area contributed by atoms with Crippen LogP contribution in [0.2, 0.25) is 4.34 Å². The molecule has 1 fully saturated rings. The fourth-order valence-corrected chi connectivity index (χ4v) is 4.30.